The molecule has 0 saturated carbocycles. The Morgan fingerprint density at radius 3 is 1.33 bits per heavy atom. The van der Waals surface area contributed by atoms with Crippen molar-refractivity contribution in [2.24, 2.45) is 0 Å². The zero-order valence-electron chi connectivity index (χ0n) is 31.2. The Balaban J connectivity index is 1.14. The van der Waals surface area contributed by atoms with Crippen LogP contribution in [0.3, 0.4) is 0 Å². The van der Waals surface area contributed by atoms with Crippen molar-refractivity contribution in [3.05, 3.63) is 200 Å². The molecule has 272 valence electrons. The number of para-hydroxylation sites is 5. The number of rotatable bonds is 6. The minimum absolute atomic E-state index is 0.854. The average Bonchev–Trinajstić information content (AvgIpc) is 3.98. The van der Waals surface area contributed by atoms with Gasteiger partial charge in [0.25, 0.3) is 0 Å². The molecule has 4 heteroatoms. The van der Waals surface area contributed by atoms with Gasteiger partial charge in [0.15, 0.2) is 0 Å². The van der Waals surface area contributed by atoms with Gasteiger partial charge in [-0.05, 0) is 89.0 Å². The Morgan fingerprint density at radius 2 is 0.724 bits per heavy atom. The van der Waals surface area contributed by atoms with Gasteiger partial charge in [0.05, 0.1) is 0 Å². The maximum atomic E-state index is 6.66. The molecule has 58 heavy (non-hydrogen) atoms. The molecule has 0 aliphatic rings. The van der Waals surface area contributed by atoms with Gasteiger partial charge in [-0.25, -0.2) is 0 Å². The van der Waals surface area contributed by atoms with Crippen molar-refractivity contribution in [3.8, 4) is 33.4 Å². The Hall–Kier alpha value is -7.82. The van der Waals surface area contributed by atoms with Crippen LogP contribution in [0.4, 0.5) is 17.1 Å². The summed E-state index contributed by atoms with van der Waals surface area (Å²) in [5.41, 5.74) is 14.6. The van der Waals surface area contributed by atoms with Gasteiger partial charge in [0.1, 0.15) is 33.5 Å². The molecule has 9 aromatic carbocycles. The van der Waals surface area contributed by atoms with Crippen LogP contribution < -0.4 is 4.90 Å². The number of hydrogen-bond donors (Lipinski definition) is 0. The first-order valence-corrected chi connectivity index (χ1v) is 19.6. The molecule has 0 atom stereocenters. The molecule has 3 heterocycles. The third-order valence-corrected chi connectivity index (χ3v) is 11.5. The highest BCUT2D eigenvalue weighted by molar-refractivity contribution is 6.12. The summed E-state index contributed by atoms with van der Waals surface area (Å²) in [5.74, 6) is 0. The van der Waals surface area contributed by atoms with E-state index in [1.54, 1.807) is 0 Å². The fourth-order valence-corrected chi connectivity index (χ4v) is 8.73. The van der Waals surface area contributed by atoms with Gasteiger partial charge in [-0.3, -0.25) is 0 Å². The first-order chi connectivity index (χ1) is 28.7. The first-order valence-electron chi connectivity index (χ1n) is 19.6. The molecule has 0 aliphatic carbocycles. The number of nitrogens with zero attached hydrogens (tertiary/aromatic N) is 1. The van der Waals surface area contributed by atoms with E-state index in [1.807, 2.05) is 36.4 Å². The predicted octanol–water partition coefficient (Wildman–Crippen LogP) is 15.9. The highest BCUT2D eigenvalue weighted by Crippen LogP contribution is 2.45. The van der Waals surface area contributed by atoms with Crippen molar-refractivity contribution in [2.45, 2.75) is 0 Å². The van der Waals surface area contributed by atoms with E-state index >= 15 is 0 Å². The lowest BCUT2D eigenvalue weighted by atomic mass is 9.95. The van der Waals surface area contributed by atoms with Gasteiger partial charge < -0.3 is 18.2 Å². The van der Waals surface area contributed by atoms with Gasteiger partial charge in [-0.2, -0.15) is 0 Å². The van der Waals surface area contributed by atoms with Crippen LogP contribution in [-0.4, -0.2) is 0 Å². The zero-order chi connectivity index (χ0) is 38.2. The molecule has 0 fully saturated rings. The van der Waals surface area contributed by atoms with Gasteiger partial charge in [0.2, 0.25) is 0 Å². The van der Waals surface area contributed by atoms with E-state index in [-0.39, 0.29) is 0 Å². The van der Waals surface area contributed by atoms with E-state index in [0.29, 0.717) is 0 Å². The van der Waals surface area contributed by atoms with Crippen LogP contribution in [0.2, 0.25) is 0 Å². The average molecular weight is 744 g/mol. The Labute approximate surface area is 333 Å². The van der Waals surface area contributed by atoms with Gasteiger partial charge in [0, 0.05) is 60.5 Å². The third-order valence-electron chi connectivity index (χ3n) is 11.5. The SMILES string of the molecule is c1ccc(-c2ccc(N(c3cc(-c4cccc5c4oc4ccccc45)cc(-c4cccc5c4oc4ccccc45)c3)c3ccc4oc5ccccc5c4c3)cc2)cc1. The third kappa shape index (κ3) is 5.16. The molecule has 0 spiro atoms. The summed E-state index contributed by atoms with van der Waals surface area (Å²) in [6.45, 7) is 0. The second-order valence-electron chi connectivity index (χ2n) is 14.9. The van der Waals surface area contributed by atoms with E-state index in [2.05, 4.69) is 169 Å². The smallest absolute Gasteiger partial charge is 0.143 e. The second-order valence-corrected chi connectivity index (χ2v) is 14.9. The maximum absolute atomic E-state index is 6.66. The molecule has 0 radical (unpaired) electrons. The fourth-order valence-electron chi connectivity index (χ4n) is 8.73. The molecular weight excluding hydrogens is 711 g/mol. The van der Waals surface area contributed by atoms with Crippen molar-refractivity contribution < 1.29 is 13.3 Å². The van der Waals surface area contributed by atoms with Crippen molar-refractivity contribution in [2.75, 3.05) is 4.90 Å². The minimum Gasteiger partial charge on any atom is -0.456 e. The summed E-state index contributed by atoms with van der Waals surface area (Å²) in [6.07, 6.45) is 0. The second kappa shape index (κ2) is 12.9. The molecule has 3 aromatic heterocycles. The van der Waals surface area contributed by atoms with Gasteiger partial charge in [-0.1, -0.05) is 133 Å². The molecule has 12 aromatic rings. The standard InChI is InChI=1S/C54H33NO3/c1-2-12-34(13-3-1)35-24-26-38(27-25-35)55(39-28-29-52-48(33-39)45-16-6-7-21-49(45)56-52)40-31-36(41-17-10-19-46-43-14-4-8-22-50(43)57-53(41)46)30-37(32-40)42-18-11-20-47-44-15-5-9-23-51(44)58-54(42)47/h1-33H. The number of anilines is 3. The lowest BCUT2D eigenvalue weighted by Crippen LogP contribution is -2.10. The summed E-state index contributed by atoms with van der Waals surface area (Å²) in [5, 5.41) is 6.53. The van der Waals surface area contributed by atoms with Crippen LogP contribution in [0.5, 0.6) is 0 Å². The summed E-state index contributed by atoms with van der Waals surface area (Å²) in [4.78, 5) is 2.35. The van der Waals surface area contributed by atoms with Gasteiger partial charge in [-0.15, -0.1) is 0 Å². The highest BCUT2D eigenvalue weighted by Gasteiger charge is 2.21. The molecule has 0 saturated heterocycles. The summed E-state index contributed by atoms with van der Waals surface area (Å²) in [7, 11) is 0. The lowest BCUT2D eigenvalue weighted by Gasteiger charge is -2.27. The van der Waals surface area contributed by atoms with Crippen LogP contribution in [0, 0.1) is 0 Å². The normalized spacial score (nSPS) is 11.8. The molecule has 0 unspecified atom stereocenters. The summed E-state index contributed by atoms with van der Waals surface area (Å²) >= 11 is 0. The number of furan rings is 3. The Bertz CT molecular complexity index is 3380. The van der Waals surface area contributed by atoms with Gasteiger partial charge >= 0.3 is 0 Å². The predicted molar refractivity (Wildman–Crippen MR) is 239 cm³/mol. The molecule has 0 bridgehead atoms. The van der Waals surface area contributed by atoms with E-state index in [9.17, 15) is 0 Å². The van der Waals surface area contributed by atoms with E-state index in [0.717, 1.165) is 111 Å². The summed E-state index contributed by atoms with van der Waals surface area (Å²) in [6, 6.07) is 70.4. The zero-order valence-corrected chi connectivity index (χ0v) is 31.2. The van der Waals surface area contributed by atoms with Crippen LogP contribution in [0.15, 0.2) is 213 Å². The summed E-state index contributed by atoms with van der Waals surface area (Å²) < 4.78 is 19.6. The molecular formula is C54H33NO3. The lowest BCUT2D eigenvalue weighted by molar-refractivity contribution is 0.668. The van der Waals surface area contributed by atoms with E-state index < -0.39 is 0 Å². The number of hydrogen-bond acceptors (Lipinski definition) is 4. The van der Waals surface area contributed by atoms with Crippen molar-refractivity contribution in [1.82, 2.24) is 0 Å². The van der Waals surface area contributed by atoms with Crippen LogP contribution in [-0.2, 0) is 0 Å². The quantitative estimate of drug-likeness (QED) is 0.170. The topological polar surface area (TPSA) is 42.7 Å². The van der Waals surface area contributed by atoms with Crippen LogP contribution in [0.1, 0.15) is 0 Å². The monoisotopic (exact) mass is 743 g/mol. The number of fused-ring (bicyclic) bond motifs is 9. The molecule has 0 amide bonds. The molecule has 4 nitrogen and oxygen atoms in total. The highest BCUT2D eigenvalue weighted by atomic mass is 16.3. The molecule has 12 rings (SSSR count). The number of benzene rings is 9. The minimum atomic E-state index is 0.854. The largest absolute Gasteiger partial charge is 0.456 e. The Morgan fingerprint density at radius 1 is 0.259 bits per heavy atom. The van der Waals surface area contributed by atoms with E-state index in [4.69, 9.17) is 13.3 Å². The van der Waals surface area contributed by atoms with E-state index in [1.165, 1.54) is 5.56 Å². The first kappa shape index (κ1) is 32.4. The Kier molecular flexibility index (Phi) is 7.20. The van der Waals surface area contributed by atoms with Crippen LogP contribution in [0.25, 0.3) is 99.2 Å². The maximum Gasteiger partial charge on any atom is 0.143 e. The molecule has 0 aliphatic heterocycles. The fraction of sp³-hybridized carbons (Fsp3) is 0. The van der Waals surface area contributed by atoms with Crippen molar-refractivity contribution in [3.63, 3.8) is 0 Å². The van der Waals surface area contributed by atoms with Crippen molar-refractivity contribution >= 4 is 82.9 Å². The van der Waals surface area contributed by atoms with Crippen molar-refractivity contribution in [1.29, 1.82) is 0 Å². The molecule has 0 N–H and O–H groups in total. The van der Waals surface area contributed by atoms with Crippen LogP contribution >= 0.6 is 0 Å².